The van der Waals surface area contributed by atoms with E-state index >= 15 is 0 Å². The lowest BCUT2D eigenvalue weighted by Crippen LogP contribution is -2.53. The molecule has 0 aliphatic carbocycles. The Kier molecular flexibility index (Phi) is 12.3. The van der Waals surface area contributed by atoms with Crippen molar-refractivity contribution in [1.82, 2.24) is 35.4 Å². The highest BCUT2D eigenvalue weighted by Crippen LogP contribution is 2.34. The van der Waals surface area contributed by atoms with Crippen LogP contribution < -0.4 is 10.6 Å². The Balaban J connectivity index is 0.972. The maximum atomic E-state index is 13.9. The predicted molar refractivity (Wildman–Crippen MR) is 219 cm³/mol. The van der Waals surface area contributed by atoms with E-state index in [9.17, 15) is 19.2 Å². The number of hydrogen-bond acceptors (Lipinski definition) is 9. The van der Waals surface area contributed by atoms with E-state index in [4.69, 9.17) is 19.5 Å². The molecular formula is C44H50N8O6. The monoisotopic (exact) mass is 786 g/mol. The van der Waals surface area contributed by atoms with Gasteiger partial charge in [-0.1, -0.05) is 62.4 Å². The normalized spacial score (nSPS) is 18.7. The SMILES string of the molecule is COC(=O)N[C@@H](Cc1ccncc1)C(=O)N1CCC[C@H]1c1ncc(-c2ccc(-c3ccc(C4=CN=C([C@@H]5CCCN5C(=O)[C@@H](NC(=O)OC)C(C)C)C4)cc3)cc2)[nH]1. The molecule has 7 rings (SSSR count). The number of aromatic nitrogens is 3. The molecule has 3 N–H and O–H groups in total. The van der Waals surface area contributed by atoms with E-state index in [2.05, 4.69) is 69.1 Å². The Morgan fingerprint density at radius 3 is 2.00 bits per heavy atom. The van der Waals surface area contributed by atoms with Crippen molar-refractivity contribution in [3.8, 4) is 22.4 Å². The summed E-state index contributed by atoms with van der Waals surface area (Å²) in [5, 5.41) is 5.44. The number of pyridine rings is 1. The van der Waals surface area contributed by atoms with Gasteiger partial charge in [-0.15, -0.1) is 0 Å². The number of nitrogens with one attached hydrogen (secondary N) is 3. The van der Waals surface area contributed by atoms with E-state index in [0.717, 1.165) is 70.5 Å². The molecule has 4 amide bonds. The fourth-order valence-electron chi connectivity index (χ4n) is 8.13. The van der Waals surface area contributed by atoms with E-state index in [1.807, 2.05) is 37.1 Å². The van der Waals surface area contributed by atoms with E-state index in [0.29, 0.717) is 31.8 Å². The van der Waals surface area contributed by atoms with Gasteiger partial charge < -0.3 is 34.9 Å². The minimum absolute atomic E-state index is 0.0883. The second kappa shape index (κ2) is 17.9. The number of carbonyl (C=O) groups is 4. The minimum atomic E-state index is -0.797. The number of carbonyl (C=O) groups excluding carboxylic acids is 4. The van der Waals surface area contributed by atoms with Crippen molar-refractivity contribution >= 4 is 35.3 Å². The zero-order chi connectivity index (χ0) is 40.8. The van der Waals surface area contributed by atoms with Crippen LogP contribution in [0.2, 0.25) is 0 Å². The molecule has 2 saturated heterocycles. The Morgan fingerprint density at radius 2 is 1.36 bits per heavy atom. The molecule has 5 heterocycles. The third kappa shape index (κ3) is 8.80. The topological polar surface area (TPSA) is 171 Å². The summed E-state index contributed by atoms with van der Waals surface area (Å²) in [5.41, 5.74) is 8.00. The average Bonchev–Trinajstić information content (AvgIpc) is 4.09. The first kappa shape index (κ1) is 39.9. The minimum Gasteiger partial charge on any atom is -0.453 e. The molecule has 302 valence electrons. The van der Waals surface area contributed by atoms with Crippen LogP contribution >= 0.6 is 0 Å². The van der Waals surface area contributed by atoms with Gasteiger partial charge in [-0.2, -0.15) is 0 Å². The fourth-order valence-corrected chi connectivity index (χ4v) is 8.13. The van der Waals surface area contributed by atoms with Gasteiger partial charge in [0.25, 0.3) is 0 Å². The van der Waals surface area contributed by atoms with Gasteiger partial charge in [0.05, 0.1) is 38.2 Å². The first-order valence-corrected chi connectivity index (χ1v) is 19.8. The first-order valence-electron chi connectivity index (χ1n) is 19.8. The fraction of sp³-hybridized carbons (Fsp3) is 0.386. The maximum absolute atomic E-state index is 13.9. The van der Waals surface area contributed by atoms with Gasteiger partial charge in [-0.25, -0.2) is 14.6 Å². The number of nitrogens with zero attached hydrogens (tertiary/aromatic N) is 5. The molecule has 0 radical (unpaired) electrons. The number of ether oxygens (including phenoxy) is 2. The number of rotatable bonds is 12. The summed E-state index contributed by atoms with van der Waals surface area (Å²) >= 11 is 0. The molecule has 4 atom stereocenters. The third-order valence-corrected chi connectivity index (χ3v) is 11.3. The van der Waals surface area contributed by atoms with E-state index in [-0.39, 0.29) is 29.8 Å². The number of alkyl carbamates (subject to hydrolysis) is 2. The van der Waals surface area contributed by atoms with Crippen LogP contribution in [0.3, 0.4) is 0 Å². The number of amides is 4. The quantitative estimate of drug-likeness (QED) is 0.150. The third-order valence-electron chi connectivity index (χ3n) is 11.3. The number of aliphatic imine (C=N–C) groups is 1. The van der Waals surface area contributed by atoms with Crippen LogP contribution in [-0.4, -0.2) is 99.9 Å². The zero-order valence-electron chi connectivity index (χ0n) is 33.3. The molecular weight excluding hydrogens is 737 g/mol. The van der Waals surface area contributed by atoms with Gasteiger partial charge >= 0.3 is 12.2 Å². The lowest BCUT2D eigenvalue weighted by Gasteiger charge is -2.31. The molecule has 0 bridgehead atoms. The molecule has 0 unspecified atom stereocenters. The lowest BCUT2D eigenvalue weighted by molar-refractivity contribution is -0.135. The number of H-pyrrole nitrogens is 1. The number of aromatic amines is 1. The van der Waals surface area contributed by atoms with Crippen LogP contribution in [0.15, 0.2) is 90.4 Å². The maximum Gasteiger partial charge on any atom is 0.407 e. The standard InChI is InChI=1S/C44H50N8O6/c1-27(2)39(50-44(56)58-4)42(54)51-21-5-7-37(51)34-24-33(25-46-34)31-11-9-29(10-12-31)30-13-15-32(16-14-30)36-26-47-40(48-36)38-8-6-22-52(38)41(53)35(49-43(55)57-3)23-28-17-19-45-20-18-28/h9-20,25-27,35,37-39H,5-8,21-24H2,1-4H3,(H,47,48)(H,49,55)(H,50,56)/t35-,37-,38-,39-/m0/s1. The van der Waals surface area contributed by atoms with Gasteiger partial charge in [0.1, 0.15) is 17.9 Å². The molecule has 3 aliphatic heterocycles. The molecule has 14 nitrogen and oxygen atoms in total. The van der Waals surface area contributed by atoms with Crippen molar-refractivity contribution in [2.24, 2.45) is 10.9 Å². The van der Waals surface area contributed by atoms with Crippen LogP contribution in [0.25, 0.3) is 28.0 Å². The smallest absolute Gasteiger partial charge is 0.407 e. The van der Waals surface area contributed by atoms with Crippen LogP contribution in [0, 0.1) is 5.92 Å². The summed E-state index contributed by atoms with van der Waals surface area (Å²) in [7, 11) is 2.58. The molecule has 14 heteroatoms. The van der Waals surface area contributed by atoms with Crippen LogP contribution in [-0.2, 0) is 25.5 Å². The largest absolute Gasteiger partial charge is 0.453 e. The van der Waals surface area contributed by atoms with Crippen molar-refractivity contribution in [2.75, 3.05) is 27.3 Å². The highest BCUT2D eigenvalue weighted by molar-refractivity contribution is 6.04. The summed E-state index contributed by atoms with van der Waals surface area (Å²) in [6, 6.07) is 18.6. The summed E-state index contributed by atoms with van der Waals surface area (Å²) in [4.78, 5) is 72.3. The van der Waals surface area contributed by atoms with E-state index in [1.54, 1.807) is 23.5 Å². The predicted octanol–water partition coefficient (Wildman–Crippen LogP) is 6.33. The highest BCUT2D eigenvalue weighted by atomic mass is 16.5. The van der Waals surface area contributed by atoms with Crippen molar-refractivity contribution < 1.29 is 28.7 Å². The van der Waals surface area contributed by atoms with Crippen molar-refractivity contribution in [3.05, 3.63) is 102 Å². The lowest BCUT2D eigenvalue weighted by atomic mass is 9.95. The van der Waals surface area contributed by atoms with Gasteiger partial charge in [-0.3, -0.25) is 19.6 Å². The van der Waals surface area contributed by atoms with Gasteiger partial charge in [0, 0.05) is 50.2 Å². The van der Waals surface area contributed by atoms with Gasteiger partial charge in [0.2, 0.25) is 11.8 Å². The molecule has 3 aliphatic rings. The summed E-state index contributed by atoms with van der Waals surface area (Å²) < 4.78 is 9.60. The molecule has 2 aromatic heterocycles. The number of benzene rings is 2. The number of methoxy groups -OCH3 is 2. The molecule has 4 aromatic rings. The molecule has 2 aromatic carbocycles. The number of likely N-dealkylation sites (tertiary alicyclic amines) is 2. The Morgan fingerprint density at radius 1 is 0.776 bits per heavy atom. The van der Waals surface area contributed by atoms with Crippen LogP contribution in [0.4, 0.5) is 9.59 Å². The summed E-state index contributed by atoms with van der Waals surface area (Å²) in [6.45, 7) is 5.02. The van der Waals surface area contributed by atoms with Gasteiger partial charge in [0.15, 0.2) is 0 Å². The molecule has 0 spiro atoms. The second-order valence-electron chi connectivity index (χ2n) is 15.3. The van der Waals surface area contributed by atoms with Crippen molar-refractivity contribution in [3.63, 3.8) is 0 Å². The molecule has 2 fully saturated rings. The highest BCUT2D eigenvalue weighted by Gasteiger charge is 2.39. The summed E-state index contributed by atoms with van der Waals surface area (Å²) in [6.07, 6.45) is 10.0. The van der Waals surface area contributed by atoms with E-state index in [1.165, 1.54) is 14.2 Å². The van der Waals surface area contributed by atoms with E-state index < -0.39 is 24.3 Å². The summed E-state index contributed by atoms with van der Waals surface area (Å²) in [5.74, 6) is 0.327. The number of imidazole rings is 1. The van der Waals surface area contributed by atoms with Crippen LogP contribution in [0.5, 0.6) is 0 Å². The number of hydrogen-bond donors (Lipinski definition) is 3. The molecule has 0 saturated carbocycles. The Bertz CT molecular complexity index is 2170. The zero-order valence-corrected chi connectivity index (χ0v) is 33.3. The average molecular weight is 787 g/mol. The van der Waals surface area contributed by atoms with Crippen molar-refractivity contribution in [2.45, 2.75) is 76.5 Å². The van der Waals surface area contributed by atoms with Gasteiger partial charge in [-0.05, 0) is 77.1 Å². The van der Waals surface area contributed by atoms with Crippen molar-refractivity contribution in [1.29, 1.82) is 0 Å². The Labute approximate surface area is 338 Å². The first-order chi connectivity index (χ1) is 28.1. The second-order valence-corrected chi connectivity index (χ2v) is 15.3. The number of allylic oxidation sites excluding steroid dienone is 1. The Hall–Kier alpha value is -6.31. The van der Waals surface area contributed by atoms with Crippen LogP contribution in [0.1, 0.15) is 68.9 Å². The molecule has 58 heavy (non-hydrogen) atoms.